The SMILES string of the molecule is CC[C@]1(CCc2ccc3ccc(N)nc3n2)C[C@@H](n2ccc3c(N)ncnc32)[C@@H]2OC(C)(C)O[C@@H]21. The van der Waals surface area contributed by atoms with Crippen LogP contribution in [0.25, 0.3) is 22.1 Å². The summed E-state index contributed by atoms with van der Waals surface area (Å²) in [6.45, 7) is 6.24. The molecule has 4 N–H and O–H groups in total. The number of pyridine rings is 2. The normalized spacial score (nSPS) is 27.6. The van der Waals surface area contributed by atoms with Crippen LogP contribution in [-0.4, -0.2) is 42.5 Å². The topological polar surface area (TPSA) is 127 Å². The Hall–Kier alpha value is -3.30. The lowest BCUT2D eigenvalue weighted by molar-refractivity contribution is -0.170. The minimum absolute atomic E-state index is 0.0293. The molecular weight excluding hydrogens is 442 g/mol. The molecule has 5 heterocycles. The largest absolute Gasteiger partial charge is 0.384 e. The number of fused-ring (bicyclic) bond motifs is 3. The van der Waals surface area contributed by atoms with E-state index in [1.54, 1.807) is 6.07 Å². The van der Waals surface area contributed by atoms with Crippen molar-refractivity contribution in [2.75, 3.05) is 11.5 Å². The predicted molar refractivity (Wildman–Crippen MR) is 134 cm³/mol. The Bertz CT molecular complexity index is 1420. The van der Waals surface area contributed by atoms with Crippen LogP contribution in [0, 0.1) is 5.41 Å². The highest BCUT2D eigenvalue weighted by Gasteiger charge is 2.60. The summed E-state index contributed by atoms with van der Waals surface area (Å²) in [5.41, 5.74) is 14.5. The van der Waals surface area contributed by atoms with E-state index in [2.05, 4.69) is 44.8 Å². The van der Waals surface area contributed by atoms with E-state index in [1.807, 2.05) is 26.0 Å². The van der Waals surface area contributed by atoms with E-state index in [9.17, 15) is 0 Å². The number of hydrogen-bond acceptors (Lipinski definition) is 8. The summed E-state index contributed by atoms with van der Waals surface area (Å²) in [5, 5.41) is 1.85. The molecule has 0 aromatic carbocycles. The fourth-order valence-corrected chi connectivity index (χ4v) is 6.04. The average Bonchev–Trinajstić information content (AvgIpc) is 3.48. The summed E-state index contributed by atoms with van der Waals surface area (Å²) in [6, 6.07) is 9.98. The molecule has 2 aliphatic rings. The van der Waals surface area contributed by atoms with Gasteiger partial charge in [0.05, 0.1) is 17.5 Å². The van der Waals surface area contributed by atoms with Gasteiger partial charge in [0, 0.05) is 22.7 Å². The first-order valence-electron chi connectivity index (χ1n) is 12.2. The zero-order valence-electron chi connectivity index (χ0n) is 20.3. The van der Waals surface area contributed by atoms with Crippen LogP contribution in [-0.2, 0) is 15.9 Å². The van der Waals surface area contributed by atoms with Gasteiger partial charge < -0.3 is 25.5 Å². The molecular formula is C26H31N7O2. The molecule has 4 aromatic rings. The molecule has 1 aliphatic heterocycles. The van der Waals surface area contributed by atoms with E-state index in [4.69, 9.17) is 25.9 Å². The summed E-state index contributed by atoms with van der Waals surface area (Å²) in [7, 11) is 0. The standard InChI is InChI=1S/C26H31N7O2/c1-4-26(11-9-16-7-5-15-6-8-19(27)32-23(15)31-16)13-18(20-21(26)35-25(2,3)34-20)33-12-10-17-22(28)29-14-30-24(17)33/h5-8,10,12,14,18,20-21H,4,9,11,13H2,1-3H3,(H2,27,31,32)(H2,28,29,30)/t18-,20+,21+,26+/m1/s1. The van der Waals surface area contributed by atoms with Gasteiger partial charge in [0.25, 0.3) is 0 Å². The van der Waals surface area contributed by atoms with Gasteiger partial charge in [-0.15, -0.1) is 0 Å². The van der Waals surface area contributed by atoms with Crippen LogP contribution < -0.4 is 11.5 Å². The van der Waals surface area contributed by atoms with Gasteiger partial charge in [-0.1, -0.05) is 6.92 Å². The summed E-state index contributed by atoms with van der Waals surface area (Å²) < 4.78 is 15.3. The van der Waals surface area contributed by atoms with Gasteiger partial charge in [-0.2, -0.15) is 0 Å². The van der Waals surface area contributed by atoms with E-state index in [1.165, 1.54) is 6.33 Å². The van der Waals surface area contributed by atoms with E-state index in [-0.39, 0.29) is 23.7 Å². The predicted octanol–water partition coefficient (Wildman–Crippen LogP) is 4.03. The molecule has 9 nitrogen and oxygen atoms in total. The third-order valence-electron chi connectivity index (χ3n) is 7.84. The highest BCUT2D eigenvalue weighted by molar-refractivity contribution is 5.86. The lowest BCUT2D eigenvalue weighted by Gasteiger charge is -2.34. The zero-order chi connectivity index (χ0) is 24.4. The fourth-order valence-electron chi connectivity index (χ4n) is 6.04. The van der Waals surface area contributed by atoms with Crippen molar-refractivity contribution in [3.8, 4) is 0 Å². The Morgan fingerprint density at radius 3 is 2.71 bits per heavy atom. The summed E-state index contributed by atoms with van der Waals surface area (Å²) >= 11 is 0. The molecule has 2 fully saturated rings. The van der Waals surface area contributed by atoms with Crippen molar-refractivity contribution in [1.82, 2.24) is 24.5 Å². The van der Waals surface area contributed by atoms with Crippen molar-refractivity contribution in [2.45, 2.75) is 70.5 Å². The molecule has 1 aliphatic carbocycles. The van der Waals surface area contributed by atoms with Crippen LogP contribution in [0.1, 0.15) is 51.8 Å². The van der Waals surface area contributed by atoms with Crippen molar-refractivity contribution in [3.63, 3.8) is 0 Å². The zero-order valence-corrected chi connectivity index (χ0v) is 20.3. The molecule has 4 aromatic heterocycles. The van der Waals surface area contributed by atoms with Gasteiger partial charge in [-0.3, -0.25) is 0 Å². The number of nitrogens with two attached hydrogens (primary N) is 2. The third kappa shape index (κ3) is 3.61. The van der Waals surface area contributed by atoms with Crippen LogP contribution in [0.4, 0.5) is 11.6 Å². The van der Waals surface area contributed by atoms with Crippen molar-refractivity contribution in [1.29, 1.82) is 0 Å². The van der Waals surface area contributed by atoms with Gasteiger partial charge >= 0.3 is 0 Å². The molecule has 9 heteroatoms. The number of nitrogens with zero attached hydrogens (tertiary/aromatic N) is 5. The number of nitrogen functional groups attached to an aromatic ring is 2. The maximum atomic E-state index is 6.58. The maximum Gasteiger partial charge on any atom is 0.163 e. The fraction of sp³-hybridized carbons (Fsp3) is 0.462. The molecule has 0 amide bonds. The van der Waals surface area contributed by atoms with Crippen LogP contribution in [0.5, 0.6) is 0 Å². The highest BCUT2D eigenvalue weighted by atomic mass is 16.8. The lowest BCUT2D eigenvalue weighted by atomic mass is 9.76. The molecule has 35 heavy (non-hydrogen) atoms. The number of aryl methyl sites for hydroxylation is 1. The van der Waals surface area contributed by atoms with Gasteiger partial charge in [-0.05, 0) is 69.9 Å². The van der Waals surface area contributed by atoms with E-state index >= 15 is 0 Å². The van der Waals surface area contributed by atoms with Crippen LogP contribution in [0.15, 0.2) is 42.9 Å². The van der Waals surface area contributed by atoms with Gasteiger partial charge in [-0.25, -0.2) is 19.9 Å². The van der Waals surface area contributed by atoms with Crippen molar-refractivity contribution < 1.29 is 9.47 Å². The average molecular weight is 474 g/mol. The number of rotatable bonds is 5. The second-order valence-corrected chi connectivity index (χ2v) is 10.3. The van der Waals surface area contributed by atoms with Crippen LogP contribution in [0.3, 0.4) is 0 Å². The first-order chi connectivity index (χ1) is 16.8. The molecule has 182 valence electrons. The smallest absolute Gasteiger partial charge is 0.163 e. The number of ether oxygens (including phenoxy) is 2. The molecule has 0 unspecified atom stereocenters. The summed E-state index contributed by atoms with van der Waals surface area (Å²) in [6.07, 6.45) is 7.11. The lowest BCUT2D eigenvalue weighted by Crippen LogP contribution is -2.36. The van der Waals surface area contributed by atoms with Crippen molar-refractivity contribution >= 4 is 33.7 Å². The molecule has 0 bridgehead atoms. The van der Waals surface area contributed by atoms with Gasteiger partial charge in [0.2, 0.25) is 0 Å². The number of anilines is 2. The van der Waals surface area contributed by atoms with Crippen molar-refractivity contribution in [2.24, 2.45) is 5.41 Å². The molecule has 6 rings (SSSR count). The van der Waals surface area contributed by atoms with E-state index in [0.717, 1.165) is 47.8 Å². The summed E-state index contributed by atoms with van der Waals surface area (Å²) in [4.78, 5) is 17.9. The molecule has 0 spiro atoms. The minimum atomic E-state index is -0.645. The van der Waals surface area contributed by atoms with Gasteiger partial charge in [0.1, 0.15) is 29.7 Å². The van der Waals surface area contributed by atoms with Crippen molar-refractivity contribution in [3.05, 3.63) is 48.5 Å². The quantitative estimate of drug-likeness (QED) is 0.445. The van der Waals surface area contributed by atoms with Crippen LogP contribution >= 0.6 is 0 Å². The first kappa shape index (κ1) is 22.2. The number of hydrogen-bond donors (Lipinski definition) is 2. The Morgan fingerprint density at radius 1 is 1.06 bits per heavy atom. The van der Waals surface area contributed by atoms with Gasteiger partial charge in [0.15, 0.2) is 11.4 Å². The maximum absolute atomic E-state index is 6.58. The second kappa shape index (κ2) is 7.86. The Kier molecular flexibility index (Phi) is 4.98. The Labute approximate surface area is 203 Å². The molecule has 1 saturated carbocycles. The third-order valence-corrected chi connectivity index (χ3v) is 7.84. The molecule has 4 atom stereocenters. The second-order valence-electron chi connectivity index (χ2n) is 10.3. The molecule has 1 saturated heterocycles. The summed E-state index contributed by atoms with van der Waals surface area (Å²) in [5.74, 6) is 0.329. The first-order valence-corrected chi connectivity index (χ1v) is 12.2. The minimum Gasteiger partial charge on any atom is -0.384 e. The Balaban J connectivity index is 1.34. The number of aromatic nitrogens is 5. The van der Waals surface area contributed by atoms with E-state index in [0.29, 0.717) is 17.3 Å². The Morgan fingerprint density at radius 2 is 1.89 bits per heavy atom. The monoisotopic (exact) mass is 473 g/mol. The van der Waals surface area contributed by atoms with Crippen LogP contribution in [0.2, 0.25) is 0 Å². The molecule has 0 radical (unpaired) electrons. The van der Waals surface area contributed by atoms with E-state index < -0.39 is 5.79 Å². The highest BCUT2D eigenvalue weighted by Crippen LogP contribution is 2.57.